The molecular weight excluding hydrogens is 432 g/mol. The zero-order chi connectivity index (χ0) is 23.5. The standard InChI is InChI=1S/C29H45ClO3/c1-3-8-22-10-12-23(13-11-22)24-14-16-26(17-15-24)29(31)33-27-19-18-25(28(30)21-27)9-6-4-5-7-20-32-2/h18-19,21-24,26H,3-17,20H2,1-2H3. The molecule has 3 rings (SSSR count). The van der Waals surface area contributed by atoms with Crippen LogP contribution >= 0.6 is 11.6 Å². The van der Waals surface area contributed by atoms with Crippen LogP contribution in [0, 0.1) is 23.7 Å². The van der Waals surface area contributed by atoms with E-state index in [0.29, 0.717) is 10.8 Å². The molecule has 33 heavy (non-hydrogen) atoms. The van der Waals surface area contributed by atoms with Crippen LogP contribution in [0.15, 0.2) is 18.2 Å². The minimum atomic E-state index is -0.0675. The summed E-state index contributed by atoms with van der Waals surface area (Å²) < 4.78 is 10.8. The van der Waals surface area contributed by atoms with Gasteiger partial charge in [-0.1, -0.05) is 63.1 Å². The number of rotatable bonds is 12. The number of halogens is 1. The van der Waals surface area contributed by atoms with E-state index in [1.165, 1.54) is 64.2 Å². The van der Waals surface area contributed by atoms with Gasteiger partial charge in [0.1, 0.15) is 5.75 Å². The van der Waals surface area contributed by atoms with Crippen molar-refractivity contribution in [2.45, 2.75) is 103 Å². The summed E-state index contributed by atoms with van der Waals surface area (Å²) >= 11 is 6.48. The maximum Gasteiger partial charge on any atom is 0.314 e. The van der Waals surface area contributed by atoms with Crippen LogP contribution in [0.2, 0.25) is 5.02 Å². The van der Waals surface area contributed by atoms with E-state index in [2.05, 4.69) is 6.92 Å². The van der Waals surface area contributed by atoms with E-state index in [1.807, 2.05) is 18.2 Å². The van der Waals surface area contributed by atoms with E-state index in [4.69, 9.17) is 21.1 Å². The highest BCUT2D eigenvalue weighted by Gasteiger charge is 2.33. The number of benzene rings is 1. The molecule has 3 nitrogen and oxygen atoms in total. The Hall–Kier alpha value is -1.06. The largest absolute Gasteiger partial charge is 0.426 e. The summed E-state index contributed by atoms with van der Waals surface area (Å²) in [4.78, 5) is 12.8. The number of methoxy groups -OCH3 is 1. The zero-order valence-electron chi connectivity index (χ0n) is 21.0. The highest BCUT2D eigenvalue weighted by atomic mass is 35.5. The van der Waals surface area contributed by atoms with Gasteiger partial charge in [0.25, 0.3) is 0 Å². The normalized spacial score (nSPS) is 25.7. The molecule has 0 saturated heterocycles. The lowest BCUT2D eigenvalue weighted by molar-refractivity contribution is -0.140. The molecule has 0 atom stereocenters. The Labute approximate surface area is 207 Å². The minimum absolute atomic E-state index is 0.0447. The lowest BCUT2D eigenvalue weighted by Gasteiger charge is -2.37. The molecule has 2 saturated carbocycles. The van der Waals surface area contributed by atoms with Gasteiger partial charge in [-0.2, -0.15) is 0 Å². The number of ether oxygens (including phenoxy) is 2. The molecule has 0 spiro atoms. The van der Waals surface area contributed by atoms with Crippen molar-refractivity contribution >= 4 is 17.6 Å². The molecular formula is C29H45ClO3. The van der Waals surface area contributed by atoms with E-state index in [9.17, 15) is 4.79 Å². The molecule has 0 unspecified atom stereocenters. The Morgan fingerprint density at radius 1 is 0.939 bits per heavy atom. The average molecular weight is 477 g/mol. The molecule has 4 heteroatoms. The number of unbranched alkanes of at least 4 members (excludes halogenated alkanes) is 3. The van der Waals surface area contributed by atoms with Crippen molar-refractivity contribution in [3.05, 3.63) is 28.8 Å². The van der Waals surface area contributed by atoms with Crippen LogP contribution in [0.1, 0.15) is 102 Å². The average Bonchev–Trinajstić information content (AvgIpc) is 2.83. The number of hydrogen-bond donors (Lipinski definition) is 0. The summed E-state index contributed by atoms with van der Waals surface area (Å²) in [6, 6.07) is 5.75. The third kappa shape index (κ3) is 8.58. The second-order valence-corrected chi connectivity index (χ2v) is 10.9. The quantitative estimate of drug-likeness (QED) is 0.172. The van der Waals surface area contributed by atoms with Gasteiger partial charge in [0.05, 0.1) is 5.92 Å². The van der Waals surface area contributed by atoms with Crippen molar-refractivity contribution in [2.75, 3.05) is 13.7 Å². The Morgan fingerprint density at radius 3 is 2.24 bits per heavy atom. The fourth-order valence-corrected chi connectivity index (χ4v) is 6.36. The van der Waals surface area contributed by atoms with E-state index >= 15 is 0 Å². The van der Waals surface area contributed by atoms with Crippen molar-refractivity contribution < 1.29 is 14.3 Å². The number of hydrogen-bond acceptors (Lipinski definition) is 3. The monoisotopic (exact) mass is 476 g/mol. The Morgan fingerprint density at radius 2 is 1.61 bits per heavy atom. The fourth-order valence-electron chi connectivity index (χ4n) is 6.09. The first-order chi connectivity index (χ1) is 16.1. The van der Waals surface area contributed by atoms with E-state index in [0.717, 1.165) is 62.0 Å². The first-order valence-electron chi connectivity index (χ1n) is 13.6. The van der Waals surface area contributed by atoms with Crippen LogP contribution in [-0.4, -0.2) is 19.7 Å². The van der Waals surface area contributed by atoms with Crippen LogP contribution < -0.4 is 4.74 Å². The number of aryl methyl sites for hydroxylation is 1. The first kappa shape index (κ1) is 26.5. The molecule has 0 aliphatic heterocycles. The zero-order valence-corrected chi connectivity index (χ0v) is 21.7. The van der Waals surface area contributed by atoms with Crippen LogP contribution in [-0.2, 0) is 16.0 Å². The van der Waals surface area contributed by atoms with Crippen LogP contribution in [0.4, 0.5) is 0 Å². The Bertz CT molecular complexity index is 703. The molecule has 1 aromatic rings. The van der Waals surface area contributed by atoms with Gasteiger partial charge in [-0.3, -0.25) is 4.79 Å². The summed E-state index contributed by atoms with van der Waals surface area (Å²) in [5.74, 6) is 3.24. The van der Waals surface area contributed by atoms with Crippen LogP contribution in [0.3, 0.4) is 0 Å². The summed E-state index contributed by atoms with van der Waals surface area (Å²) in [5.41, 5.74) is 1.14. The van der Waals surface area contributed by atoms with Crippen molar-refractivity contribution in [3.8, 4) is 5.75 Å². The van der Waals surface area contributed by atoms with Gasteiger partial charge < -0.3 is 9.47 Å². The lowest BCUT2D eigenvalue weighted by Crippen LogP contribution is -2.30. The predicted octanol–water partition coefficient (Wildman–Crippen LogP) is 8.41. The summed E-state index contributed by atoms with van der Waals surface area (Å²) in [5, 5.41) is 0.708. The maximum atomic E-state index is 12.8. The molecule has 0 amide bonds. The summed E-state index contributed by atoms with van der Waals surface area (Å²) in [6.45, 7) is 3.14. The van der Waals surface area contributed by atoms with Crippen molar-refractivity contribution in [3.63, 3.8) is 0 Å². The van der Waals surface area contributed by atoms with Crippen LogP contribution in [0.5, 0.6) is 5.75 Å². The SMILES string of the molecule is CCCC1CCC(C2CCC(C(=O)Oc3ccc(CCCCCCOC)c(Cl)c3)CC2)CC1. The summed E-state index contributed by atoms with van der Waals surface area (Å²) in [6.07, 6.45) is 18.3. The van der Waals surface area contributed by atoms with Gasteiger partial charge in [-0.25, -0.2) is 0 Å². The molecule has 0 radical (unpaired) electrons. The second kappa shape index (κ2) is 14.4. The molecule has 0 bridgehead atoms. The molecule has 0 heterocycles. The highest BCUT2D eigenvalue weighted by molar-refractivity contribution is 6.31. The van der Waals surface area contributed by atoms with Crippen molar-refractivity contribution in [1.82, 2.24) is 0 Å². The number of carbonyl (C=O) groups is 1. The van der Waals surface area contributed by atoms with Crippen LogP contribution in [0.25, 0.3) is 0 Å². The molecule has 0 N–H and O–H groups in total. The molecule has 1 aromatic carbocycles. The van der Waals surface area contributed by atoms with Crippen molar-refractivity contribution in [2.24, 2.45) is 23.7 Å². The highest BCUT2D eigenvalue weighted by Crippen LogP contribution is 2.42. The minimum Gasteiger partial charge on any atom is -0.426 e. The predicted molar refractivity (Wildman–Crippen MR) is 137 cm³/mol. The smallest absolute Gasteiger partial charge is 0.314 e. The topological polar surface area (TPSA) is 35.5 Å². The van der Waals surface area contributed by atoms with Gasteiger partial charge in [0.15, 0.2) is 0 Å². The number of carbonyl (C=O) groups excluding carboxylic acids is 1. The third-order valence-electron chi connectivity index (χ3n) is 8.15. The first-order valence-corrected chi connectivity index (χ1v) is 14.0. The van der Waals surface area contributed by atoms with E-state index < -0.39 is 0 Å². The van der Waals surface area contributed by atoms with Gasteiger partial charge in [0.2, 0.25) is 0 Å². The van der Waals surface area contributed by atoms with Gasteiger partial charge >= 0.3 is 5.97 Å². The third-order valence-corrected chi connectivity index (χ3v) is 8.50. The molecule has 186 valence electrons. The fraction of sp³-hybridized carbons (Fsp3) is 0.759. The van der Waals surface area contributed by atoms with Gasteiger partial charge in [-0.15, -0.1) is 0 Å². The van der Waals surface area contributed by atoms with Crippen molar-refractivity contribution in [1.29, 1.82) is 0 Å². The second-order valence-electron chi connectivity index (χ2n) is 10.5. The van der Waals surface area contributed by atoms with E-state index in [-0.39, 0.29) is 11.9 Å². The molecule has 2 fully saturated rings. The maximum absolute atomic E-state index is 12.8. The van der Waals surface area contributed by atoms with E-state index in [1.54, 1.807) is 7.11 Å². The molecule has 2 aliphatic rings. The Balaban J connectivity index is 1.38. The van der Waals surface area contributed by atoms with Gasteiger partial charge in [0, 0.05) is 18.7 Å². The Kier molecular flexibility index (Phi) is 11.6. The molecule has 0 aromatic heterocycles. The molecule has 2 aliphatic carbocycles. The number of esters is 1. The lowest BCUT2D eigenvalue weighted by atomic mass is 9.69. The summed E-state index contributed by atoms with van der Waals surface area (Å²) in [7, 11) is 1.75. The van der Waals surface area contributed by atoms with Gasteiger partial charge in [-0.05, 0) is 93.2 Å².